The Morgan fingerprint density at radius 3 is 2.18 bits per heavy atom. The molecule has 1 atom stereocenters. The zero-order chi connectivity index (χ0) is 9.07. The predicted molar refractivity (Wildman–Crippen MR) is 40.5 cm³/mol. The van der Waals surface area contributed by atoms with Crippen molar-refractivity contribution in [1.29, 1.82) is 0 Å². The topological polar surface area (TPSA) is 107 Å². The molecule has 8 heteroatoms. The maximum atomic E-state index is 10.2. The first-order valence-corrected chi connectivity index (χ1v) is 4.78. The number of carbonyl (C=O) groups is 1. The largest absolute Gasteiger partial charge is 0.480 e. The van der Waals surface area contributed by atoms with Crippen molar-refractivity contribution in [2.24, 2.45) is 0 Å². The van der Waals surface area contributed by atoms with Crippen LogP contribution in [0.1, 0.15) is 0 Å². The number of rotatable bonds is 4. The van der Waals surface area contributed by atoms with Gasteiger partial charge < -0.3 is 14.9 Å². The summed E-state index contributed by atoms with van der Waals surface area (Å²) in [6.07, 6.45) is 0. The lowest BCUT2D eigenvalue weighted by molar-refractivity contribution is -0.138. The normalized spacial score (nSPS) is 14.5. The second-order valence-corrected chi connectivity index (χ2v) is 3.46. The van der Waals surface area contributed by atoms with Crippen LogP contribution in [0.15, 0.2) is 0 Å². The van der Waals surface area contributed by atoms with Gasteiger partial charge in [0.1, 0.15) is 6.04 Å². The van der Waals surface area contributed by atoms with Crippen LogP contribution in [0, 0.1) is 0 Å². The fraction of sp³-hybridized carbons (Fsp3) is 0.667. The number of thiol groups is 1. The van der Waals surface area contributed by atoms with Gasteiger partial charge in [-0.15, -0.1) is 0 Å². The first kappa shape index (κ1) is 10.9. The molecule has 0 aromatic heterocycles. The maximum Gasteiger partial charge on any atom is 0.401 e. The molecule has 4 N–H and O–H groups in total. The Morgan fingerprint density at radius 2 is 2.09 bits per heavy atom. The molecule has 0 saturated heterocycles. The Bertz CT molecular complexity index is 190. The van der Waals surface area contributed by atoms with Crippen LogP contribution in [0.3, 0.4) is 0 Å². The minimum absolute atomic E-state index is 0.180. The molecule has 0 heterocycles. The van der Waals surface area contributed by atoms with Crippen LogP contribution in [0.4, 0.5) is 0 Å². The van der Waals surface area contributed by atoms with E-state index < -0.39 is 19.8 Å². The number of carboxylic acid groups (broad SMARTS) is 1. The average Bonchev–Trinajstić information content (AvgIpc) is 1.80. The zero-order valence-electron chi connectivity index (χ0n) is 5.34. The van der Waals surface area contributed by atoms with Gasteiger partial charge in [0.25, 0.3) is 0 Å². The molecule has 0 aliphatic rings. The van der Waals surface area contributed by atoms with Gasteiger partial charge in [-0.1, -0.05) is 0 Å². The quantitative estimate of drug-likeness (QED) is 0.296. The fourth-order valence-corrected chi connectivity index (χ4v) is 1.38. The summed E-state index contributed by atoms with van der Waals surface area (Å²) in [5.74, 6) is -1.52. The predicted octanol–water partition coefficient (Wildman–Crippen LogP) is -0.948. The van der Waals surface area contributed by atoms with E-state index in [-0.39, 0.29) is 5.75 Å². The Labute approximate surface area is 68.2 Å². The van der Waals surface area contributed by atoms with Gasteiger partial charge in [0, 0.05) is 5.75 Å². The van der Waals surface area contributed by atoms with E-state index in [9.17, 15) is 9.36 Å². The van der Waals surface area contributed by atoms with Gasteiger partial charge >= 0.3 is 13.7 Å². The Morgan fingerprint density at radius 1 is 1.64 bits per heavy atom. The smallest absolute Gasteiger partial charge is 0.401 e. The highest BCUT2D eigenvalue weighted by molar-refractivity contribution is 7.80. The number of aliphatic carboxylic acids is 1. The molecule has 0 radical (unpaired) electrons. The highest BCUT2D eigenvalue weighted by atomic mass is 32.1. The third-order valence-corrected chi connectivity index (χ3v) is 1.82. The lowest BCUT2D eigenvalue weighted by Crippen LogP contribution is -2.35. The minimum atomic E-state index is -4.47. The van der Waals surface area contributed by atoms with Gasteiger partial charge in [0.05, 0.1) is 0 Å². The van der Waals surface area contributed by atoms with Crippen LogP contribution >= 0.6 is 20.4 Å². The second kappa shape index (κ2) is 4.08. The van der Waals surface area contributed by atoms with Gasteiger partial charge in [-0.3, -0.25) is 4.79 Å². The average molecular weight is 201 g/mol. The highest BCUT2D eigenvalue weighted by Gasteiger charge is 2.24. The molecule has 0 bridgehead atoms. The summed E-state index contributed by atoms with van der Waals surface area (Å²) in [4.78, 5) is 26.7. The van der Waals surface area contributed by atoms with Crippen molar-refractivity contribution in [3.8, 4) is 0 Å². The molecule has 0 aromatic carbocycles. The summed E-state index contributed by atoms with van der Waals surface area (Å²) in [5.41, 5.74) is 0. The Balaban J connectivity index is 4.10. The number of carboxylic acids is 1. The first-order valence-electron chi connectivity index (χ1n) is 2.54. The third-order valence-electron chi connectivity index (χ3n) is 0.805. The summed E-state index contributed by atoms with van der Waals surface area (Å²) in [5, 5.41) is 9.88. The molecule has 0 saturated carbocycles. The molecule has 0 aliphatic carbocycles. The Hall–Kier alpha value is -0.0700. The van der Waals surface area contributed by atoms with Crippen molar-refractivity contribution in [3.63, 3.8) is 0 Å². The van der Waals surface area contributed by atoms with E-state index in [2.05, 4.69) is 12.6 Å². The Kier molecular flexibility index (Phi) is 4.05. The SMILES string of the molecule is O=C(O)[C@H](CS)NP(=O)(O)O. The summed E-state index contributed by atoms with van der Waals surface area (Å²) >= 11 is 3.58. The first-order chi connectivity index (χ1) is 4.87. The van der Waals surface area contributed by atoms with Gasteiger partial charge in [-0.05, 0) is 0 Å². The van der Waals surface area contributed by atoms with E-state index >= 15 is 0 Å². The molecule has 0 amide bonds. The fourth-order valence-electron chi connectivity index (χ4n) is 0.377. The minimum Gasteiger partial charge on any atom is -0.480 e. The van der Waals surface area contributed by atoms with Crippen molar-refractivity contribution >= 4 is 26.3 Å². The van der Waals surface area contributed by atoms with E-state index in [1.807, 2.05) is 0 Å². The van der Waals surface area contributed by atoms with Crippen molar-refractivity contribution in [3.05, 3.63) is 0 Å². The van der Waals surface area contributed by atoms with Crippen LogP contribution in [-0.4, -0.2) is 32.7 Å². The molecule has 0 unspecified atom stereocenters. The summed E-state index contributed by atoms with van der Waals surface area (Å²) < 4.78 is 10.2. The molecule has 0 rings (SSSR count). The number of hydrogen-bond acceptors (Lipinski definition) is 3. The van der Waals surface area contributed by atoms with Crippen molar-refractivity contribution < 1.29 is 24.3 Å². The van der Waals surface area contributed by atoms with Crippen molar-refractivity contribution in [2.45, 2.75) is 6.04 Å². The molecular weight excluding hydrogens is 193 g/mol. The standard InChI is InChI=1S/C3H8NO5PS/c5-3(6)2(1-11)4-10(7,8)9/h2,11H,1H2,(H,5,6)(H3,4,7,8,9)/t2-/m0/s1. The van der Waals surface area contributed by atoms with E-state index in [1.165, 1.54) is 0 Å². The van der Waals surface area contributed by atoms with E-state index in [4.69, 9.17) is 14.9 Å². The van der Waals surface area contributed by atoms with E-state index in [0.717, 1.165) is 0 Å². The monoisotopic (exact) mass is 201 g/mol. The van der Waals surface area contributed by atoms with E-state index in [1.54, 1.807) is 5.09 Å². The maximum absolute atomic E-state index is 10.2. The van der Waals surface area contributed by atoms with Crippen molar-refractivity contribution in [2.75, 3.05) is 5.75 Å². The van der Waals surface area contributed by atoms with Gasteiger partial charge in [-0.2, -0.15) is 12.6 Å². The molecule has 6 nitrogen and oxygen atoms in total. The molecule has 0 spiro atoms. The molecular formula is C3H8NO5PS. The number of nitrogens with one attached hydrogen (secondary N) is 1. The van der Waals surface area contributed by atoms with Crippen LogP contribution in [0.2, 0.25) is 0 Å². The molecule has 0 aromatic rings. The van der Waals surface area contributed by atoms with Crippen LogP contribution in [0.25, 0.3) is 0 Å². The van der Waals surface area contributed by atoms with Gasteiger partial charge in [0.2, 0.25) is 0 Å². The second-order valence-electron chi connectivity index (χ2n) is 1.75. The highest BCUT2D eigenvalue weighted by Crippen LogP contribution is 2.29. The van der Waals surface area contributed by atoms with Gasteiger partial charge in [0.15, 0.2) is 0 Å². The molecule has 0 fully saturated rings. The lowest BCUT2D eigenvalue weighted by Gasteiger charge is -2.11. The lowest BCUT2D eigenvalue weighted by atomic mass is 10.4. The van der Waals surface area contributed by atoms with Gasteiger partial charge in [-0.25, -0.2) is 9.65 Å². The zero-order valence-corrected chi connectivity index (χ0v) is 7.13. The molecule has 11 heavy (non-hydrogen) atoms. The summed E-state index contributed by atoms with van der Waals surface area (Å²) in [6, 6.07) is -1.32. The summed E-state index contributed by atoms with van der Waals surface area (Å²) in [7, 11) is -4.47. The van der Waals surface area contributed by atoms with E-state index in [0.29, 0.717) is 0 Å². The molecule has 0 aliphatic heterocycles. The van der Waals surface area contributed by atoms with Crippen molar-refractivity contribution in [1.82, 2.24) is 5.09 Å². The van der Waals surface area contributed by atoms with Crippen LogP contribution in [-0.2, 0) is 9.36 Å². The van der Waals surface area contributed by atoms with Crippen LogP contribution < -0.4 is 5.09 Å². The summed E-state index contributed by atoms with van der Waals surface area (Å²) in [6.45, 7) is 0. The third kappa shape index (κ3) is 5.23. The molecule has 66 valence electrons. The van der Waals surface area contributed by atoms with Crippen LogP contribution in [0.5, 0.6) is 0 Å². The number of hydrogen-bond donors (Lipinski definition) is 5.